The van der Waals surface area contributed by atoms with Crippen LogP contribution in [0.4, 0.5) is 0 Å². The largest absolute Gasteiger partial charge is 0.351 e. The lowest BCUT2D eigenvalue weighted by Gasteiger charge is -2.42. The Hall–Kier alpha value is -1.12. The van der Waals surface area contributed by atoms with Crippen molar-refractivity contribution in [3.63, 3.8) is 0 Å². The number of hydrogen-bond donors (Lipinski definition) is 2. The van der Waals surface area contributed by atoms with E-state index in [1.54, 1.807) is 19.2 Å². The summed E-state index contributed by atoms with van der Waals surface area (Å²) in [5, 5.41) is 8.51. The van der Waals surface area contributed by atoms with Crippen molar-refractivity contribution in [2.24, 2.45) is 15.5 Å². The van der Waals surface area contributed by atoms with Gasteiger partial charge in [0.05, 0.1) is 6.54 Å². The van der Waals surface area contributed by atoms with Gasteiger partial charge in [0.1, 0.15) is 4.21 Å². The van der Waals surface area contributed by atoms with E-state index in [1.807, 2.05) is 0 Å². The molecule has 2 heterocycles. The minimum atomic E-state index is -3.62. The van der Waals surface area contributed by atoms with Crippen molar-refractivity contribution in [3.8, 4) is 0 Å². The third-order valence-electron chi connectivity index (χ3n) is 4.48. The first kappa shape index (κ1) is 19.2. The lowest BCUT2D eigenvalue weighted by molar-refractivity contribution is 0.142. The molecule has 0 radical (unpaired) electrons. The predicted molar refractivity (Wildman–Crippen MR) is 99.7 cm³/mol. The van der Waals surface area contributed by atoms with Crippen LogP contribution in [0.15, 0.2) is 21.3 Å². The fourth-order valence-electron chi connectivity index (χ4n) is 3.41. The molecule has 1 aromatic rings. The Bertz CT molecular complexity index is 680. The van der Waals surface area contributed by atoms with Crippen LogP contribution in [0, 0.1) is 5.41 Å². The summed E-state index contributed by atoms with van der Waals surface area (Å²) in [5.74, 6) is 0.877. The van der Waals surface area contributed by atoms with Gasteiger partial charge in [-0.05, 0) is 36.8 Å². The first-order chi connectivity index (χ1) is 11.3. The minimum absolute atomic E-state index is 0.197. The van der Waals surface area contributed by atoms with Gasteiger partial charge in [-0.2, -0.15) is 0 Å². The number of likely N-dealkylation sites (tertiary alicyclic amines) is 1. The summed E-state index contributed by atoms with van der Waals surface area (Å²) in [5.41, 5.74) is 0.342. The Balaban J connectivity index is 1.98. The van der Waals surface area contributed by atoms with Gasteiger partial charge in [-0.3, -0.25) is 4.99 Å². The number of sulfonamides is 1. The van der Waals surface area contributed by atoms with E-state index in [-0.39, 0.29) is 4.21 Å². The molecule has 0 aromatic carbocycles. The summed E-state index contributed by atoms with van der Waals surface area (Å²) in [6.45, 7) is 7.15. The SMILES string of the molecule is CCCC1(C)CCCN(C(=NC)NCc2ccc(S(N)(=O)=O)s2)C1. The van der Waals surface area contributed by atoms with E-state index >= 15 is 0 Å². The number of guanidine groups is 1. The molecule has 2 rings (SSSR count). The molecule has 0 spiro atoms. The van der Waals surface area contributed by atoms with Crippen LogP contribution in [0.3, 0.4) is 0 Å². The van der Waals surface area contributed by atoms with E-state index in [0.29, 0.717) is 12.0 Å². The average molecular weight is 373 g/mol. The molecule has 1 aliphatic heterocycles. The Morgan fingerprint density at radius 1 is 1.50 bits per heavy atom. The number of piperidine rings is 1. The molecule has 0 saturated carbocycles. The molecule has 8 heteroatoms. The molecule has 6 nitrogen and oxygen atoms in total. The smallest absolute Gasteiger partial charge is 0.247 e. The van der Waals surface area contributed by atoms with Crippen LogP contribution in [0.1, 0.15) is 44.4 Å². The van der Waals surface area contributed by atoms with Crippen molar-refractivity contribution < 1.29 is 8.42 Å². The number of nitrogens with zero attached hydrogens (tertiary/aromatic N) is 2. The first-order valence-corrected chi connectivity index (χ1v) is 10.7. The van der Waals surface area contributed by atoms with Crippen LogP contribution in [-0.4, -0.2) is 39.4 Å². The van der Waals surface area contributed by atoms with Crippen molar-refractivity contribution in [2.45, 2.75) is 50.3 Å². The van der Waals surface area contributed by atoms with Crippen LogP contribution in [0.25, 0.3) is 0 Å². The second-order valence-electron chi connectivity index (χ2n) is 6.75. The maximum Gasteiger partial charge on any atom is 0.247 e. The summed E-state index contributed by atoms with van der Waals surface area (Å²) < 4.78 is 22.9. The fourth-order valence-corrected chi connectivity index (χ4v) is 5.13. The van der Waals surface area contributed by atoms with Gasteiger partial charge in [0.25, 0.3) is 0 Å². The molecule has 1 unspecified atom stereocenters. The number of rotatable bonds is 5. The molecule has 0 bridgehead atoms. The summed E-state index contributed by atoms with van der Waals surface area (Å²) in [6.07, 6.45) is 4.85. The van der Waals surface area contributed by atoms with E-state index in [2.05, 4.69) is 29.1 Å². The van der Waals surface area contributed by atoms with Crippen molar-refractivity contribution in [3.05, 3.63) is 17.0 Å². The van der Waals surface area contributed by atoms with Gasteiger partial charge in [-0.25, -0.2) is 13.6 Å². The Morgan fingerprint density at radius 3 is 2.83 bits per heavy atom. The van der Waals surface area contributed by atoms with E-state index in [9.17, 15) is 8.42 Å². The third kappa shape index (κ3) is 4.94. The zero-order valence-electron chi connectivity index (χ0n) is 14.7. The molecule has 24 heavy (non-hydrogen) atoms. The quantitative estimate of drug-likeness (QED) is 0.613. The van der Waals surface area contributed by atoms with Crippen LogP contribution < -0.4 is 10.5 Å². The molecule has 0 aliphatic carbocycles. The highest BCUT2D eigenvalue weighted by molar-refractivity contribution is 7.91. The summed E-state index contributed by atoms with van der Waals surface area (Å²) in [4.78, 5) is 7.64. The van der Waals surface area contributed by atoms with Gasteiger partial charge in [-0.1, -0.05) is 20.3 Å². The monoisotopic (exact) mass is 372 g/mol. The van der Waals surface area contributed by atoms with E-state index in [0.717, 1.165) is 23.9 Å². The maximum atomic E-state index is 11.4. The summed E-state index contributed by atoms with van der Waals surface area (Å²) in [6, 6.07) is 3.35. The highest BCUT2D eigenvalue weighted by Crippen LogP contribution is 2.34. The van der Waals surface area contributed by atoms with E-state index in [4.69, 9.17) is 5.14 Å². The molecule has 1 saturated heterocycles. The van der Waals surface area contributed by atoms with Crippen molar-refractivity contribution in [1.82, 2.24) is 10.2 Å². The van der Waals surface area contributed by atoms with Crippen molar-refractivity contribution in [1.29, 1.82) is 0 Å². The second kappa shape index (κ2) is 7.84. The molecular formula is C16H28N4O2S2. The van der Waals surface area contributed by atoms with Crippen molar-refractivity contribution >= 4 is 27.3 Å². The number of nitrogens with two attached hydrogens (primary N) is 1. The van der Waals surface area contributed by atoms with Crippen LogP contribution in [0.5, 0.6) is 0 Å². The van der Waals surface area contributed by atoms with E-state index < -0.39 is 10.0 Å². The summed E-state index contributed by atoms with van der Waals surface area (Å²) >= 11 is 1.20. The topological polar surface area (TPSA) is 87.8 Å². The van der Waals surface area contributed by atoms with Crippen LogP contribution in [0.2, 0.25) is 0 Å². The standard InChI is InChI=1S/C16H28N4O2S2/c1-4-8-16(2)9-5-10-20(12-16)15(18-3)19-11-13-6-7-14(23-13)24(17,21)22/h6-7H,4-5,8-12H2,1-3H3,(H,18,19)(H2,17,21,22). The van der Waals surface area contributed by atoms with Gasteiger partial charge in [0.2, 0.25) is 10.0 Å². The Kier molecular flexibility index (Phi) is 6.28. The Morgan fingerprint density at radius 2 is 2.25 bits per heavy atom. The lowest BCUT2D eigenvalue weighted by Crippen LogP contribution is -2.49. The van der Waals surface area contributed by atoms with E-state index in [1.165, 1.54) is 37.0 Å². The van der Waals surface area contributed by atoms with Gasteiger partial charge in [0, 0.05) is 25.0 Å². The lowest BCUT2D eigenvalue weighted by atomic mass is 9.78. The molecule has 136 valence electrons. The molecule has 1 aromatic heterocycles. The molecule has 3 N–H and O–H groups in total. The maximum absolute atomic E-state index is 11.4. The first-order valence-electron chi connectivity index (χ1n) is 8.34. The number of thiophene rings is 1. The minimum Gasteiger partial charge on any atom is -0.351 e. The predicted octanol–water partition coefficient (Wildman–Crippen LogP) is 2.37. The van der Waals surface area contributed by atoms with Gasteiger partial charge >= 0.3 is 0 Å². The van der Waals surface area contributed by atoms with Crippen molar-refractivity contribution in [2.75, 3.05) is 20.1 Å². The van der Waals surface area contributed by atoms with Gasteiger partial charge in [-0.15, -0.1) is 11.3 Å². The fraction of sp³-hybridized carbons (Fsp3) is 0.688. The molecule has 0 amide bonds. The molecular weight excluding hydrogens is 344 g/mol. The second-order valence-corrected chi connectivity index (χ2v) is 9.71. The van der Waals surface area contributed by atoms with Gasteiger partial charge < -0.3 is 10.2 Å². The molecule has 1 fully saturated rings. The highest BCUT2D eigenvalue weighted by atomic mass is 32.2. The number of nitrogens with one attached hydrogen (secondary N) is 1. The van der Waals surface area contributed by atoms with Crippen LogP contribution >= 0.6 is 11.3 Å². The Labute approximate surface area is 149 Å². The molecule has 1 atom stereocenters. The third-order valence-corrected chi connectivity index (χ3v) is 7.01. The van der Waals surface area contributed by atoms with Crippen LogP contribution in [-0.2, 0) is 16.6 Å². The highest BCUT2D eigenvalue weighted by Gasteiger charge is 2.31. The summed E-state index contributed by atoms with van der Waals surface area (Å²) in [7, 11) is -1.83. The number of hydrogen-bond acceptors (Lipinski definition) is 4. The number of primary sulfonamides is 1. The zero-order valence-corrected chi connectivity index (χ0v) is 16.3. The molecule has 1 aliphatic rings. The zero-order chi connectivity index (χ0) is 17.8. The van der Waals surface area contributed by atoms with Gasteiger partial charge in [0.15, 0.2) is 5.96 Å². The average Bonchev–Trinajstić information content (AvgIpc) is 2.97. The number of aliphatic imine (C=N–C) groups is 1. The normalized spacial score (nSPS) is 22.7.